The minimum Gasteiger partial charge on any atom is -0.482 e. The first kappa shape index (κ1) is 13.5. The molecule has 2 aromatic rings. The monoisotopic (exact) mass is 284 g/mol. The minimum atomic E-state index is -0.995. The fourth-order valence-corrected chi connectivity index (χ4v) is 2.71. The third kappa shape index (κ3) is 2.57. The summed E-state index contributed by atoms with van der Waals surface area (Å²) in [7, 11) is 0. The topological polar surface area (TPSA) is 55.8 Å². The molecule has 1 N–H and O–H groups in total. The lowest BCUT2D eigenvalue weighted by Crippen LogP contribution is -2.11. The van der Waals surface area contributed by atoms with Gasteiger partial charge in [0.05, 0.1) is 0 Å². The van der Waals surface area contributed by atoms with Gasteiger partial charge in [0.1, 0.15) is 17.2 Å². The number of hydrogen-bond acceptors (Lipinski definition) is 3. The van der Waals surface area contributed by atoms with Gasteiger partial charge in [0.2, 0.25) is 0 Å². The van der Waals surface area contributed by atoms with Gasteiger partial charge in [-0.25, -0.2) is 4.79 Å². The number of rotatable bonds is 4. The third-order valence-electron chi connectivity index (χ3n) is 3.65. The molecule has 4 heteroatoms. The summed E-state index contributed by atoms with van der Waals surface area (Å²) in [5, 5.41) is 8.67. The minimum absolute atomic E-state index is 0.290. The second-order valence-corrected chi connectivity index (χ2v) is 4.98. The van der Waals surface area contributed by atoms with E-state index >= 15 is 0 Å². The van der Waals surface area contributed by atoms with Crippen LogP contribution < -0.4 is 9.47 Å². The molecule has 3 rings (SSSR count). The van der Waals surface area contributed by atoms with E-state index in [9.17, 15) is 4.79 Å². The van der Waals surface area contributed by atoms with Crippen molar-refractivity contribution in [2.75, 3.05) is 6.61 Å². The van der Waals surface area contributed by atoms with Crippen molar-refractivity contribution in [1.29, 1.82) is 0 Å². The van der Waals surface area contributed by atoms with E-state index in [1.165, 1.54) is 5.56 Å². The van der Waals surface area contributed by atoms with Crippen LogP contribution in [0.2, 0.25) is 0 Å². The van der Waals surface area contributed by atoms with Crippen LogP contribution in [0.15, 0.2) is 42.5 Å². The summed E-state index contributed by atoms with van der Waals surface area (Å²) in [5.41, 5.74) is 2.30. The van der Waals surface area contributed by atoms with Crippen LogP contribution in [-0.4, -0.2) is 17.7 Å². The molecule has 1 aliphatic rings. The Morgan fingerprint density at radius 3 is 2.71 bits per heavy atom. The van der Waals surface area contributed by atoms with Crippen molar-refractivity contribution in [3.8, 4) is 17.2 Å². The summed E-state index contributed by atoms with van der Waals surface area (Å²) in [6.45, 7) is 1.79. The summed E-state index contributed by atoms with van der Waals surface area (Å²) >= 11 is 0. The van der Waals surface area contributed by atoms with E-state index in [-0.39, 0.29) is 6.61 Å². The molecule has 0 aliphatic carbocycles. The number of carboxylic acids is 1. The molecule has 1 atom stereocenters. The largest absolute Gasteiger partial charge is 0.482 e. The molecule has 108 valence electrons. The first-order chi connectivity index (χ1) is 10.2. The number of benzene rings is 2. The molecule has 2 aromatic carbocycles. The van der Waals surface area contributed by atoms with Gasteiger partial charge in [-0.2, -0.15) is 0 Å². The van der Waals surface area contributed by atoms with Crippen LogP contribution in [0.25, 0.3) is 0 Å². The third-order valence-corrected chi connectivity index (χ3v) is 3.65. The molecule has 0 radical (unpaired) electrons. The molecule has 0 bridgehead atoms. The van der Waals surface area contributed by atoms with Gasteiger partial charge < -0.3 is 14.6 Å². The zero-order valence-corrected chi connectivity index (χ0v) is 11.7. The lowest BCUT2D eigenvalue weighted by Gasteiger charge is -2.27. The highest BCUT2D eigenvalue weighted by molar-refractivity contribution is 5.68. The summed E-state index contributed by atoms with van der Waals surface area (Å²) in [6.07, 6.45) is 0.975. The van der Waals surface area contributed by atoms with Crippen molar-refractivity contribution in [2.24, 2.45) is 0 Å². The second-order valence-electron chi connectivity index (χ2n) is 4.98. The van der Waals surface area contributed by atoms with Gasteiger partial charge in [0.15, 0.2) is 6.61 Å². The number of ether oxygens (including phenoxy) is 2. The Labute approximate surface area is 122 Å². The molecular weight excluding hydrogens is 268 g/mol. The molecule has 0 aromatic heterocycles. The van der Waals surface area contributed by atoms with Gasteiger partial charge in [-0.3, -0.25) is 0 Å². The van der Waals surface area contributed by atoms with Crippen LogP contribution in [0.3, 0.4) is 0 Å². The lowest BCUT2D eigenvalue weighted by molar-refractivity contribution is -0.139. The Bertz CT molecular complexity index is 678. The average Bonchev–Trinajstić information content (AvgIpc) is 2.50. The Balaban J connectivity index is 1.95. The Hall–Kier alpha value is -2.49. The van der Waals surface area contributed by atoms with Crippen LogP contribution in [0.1, 0.15) is 30.4 Å². The first-order valence-electron chi connectivity index (χ1n) is 6.94. The zero-order chi connectivity index (χ0) is 14.8. The molecule has 0 saturated heterocycles. The van der Waals surface area contributed by atoms with Crippen molar-refractivity contribution >= 4 is 5.97 Å². The van der Waals surface area contributed by atoms with Crippen LogP contribution in [0.4, 0.5) is 0 Å². The van der Waals surface area contributed by atoms with Gasteiger partial charge in [-0.1, -0.05) is 31.2 Å². The van der Waals surface area contributed by atoms with Crippen LogP contribution in [0, 0.1) is 0 Å². The quantitative estimate of drug-likeness (QED) is 0.927. The van der Waals surface area contributed by atoms with Gasteiger partial charge in [0, 0.05) is 23.1 Å². The van der Waals surface area contributed by atoms with E-state index in [4.69, 9.17) is 14.6 Å². The van der Waals surface area contributed by atoms with E-state index in [2.05, 4.69) is 13.0 Å². The maximum Gasteiger partial charge on any atom is 0.341 e. The van der Waals surface area contributed by atoms with Gasteiger partial charge in [-0.05, 0) is 18.6 Å². The van der Waals surface area contributed by atoms with Crippen LogP contribution >= 0.6 is 0 Å². The molecular formula is C17H16O4. The molecule has 21 heavy (non-hydrogen) atoms. The molecule has 1 aliphatic heterocycles. The molecule has 0 fully saturated rings. The van der Waals surface area contributed by atoms with Crippen molar-refractivity contribution < 1.29 is 19.4 Å². The summed E-state index contributed by atoms with van der Waals surface area (Å²) in [6, 6.07) is 13.5. The maximum absolute atomic E-state index is 10.6. The number of aliphatic carboxylic acids is 1. The highest BCUT2D eigenvalue weighted by Gasteiger charge is 2.26. The molecule has 0 amide bonds. The number of carboxylic acid groups (broad SMARTS) is 1. The lowest BCUT2D eigenvalue weighted by atomic mass is 9.86. The SMILES string of the molecule is CCC1c2ccccc2Oc2cc(OCC(=O)O)ccc21. The number of para-hydroxylation sites is 1. The second kappa shape index (κ2) is 5.48. The smallest absolute Gasteiger partial charge is 0.341 e. The molecule has 1 unspecified atom stereocenters. The predicted molar refractivity (Wildman–Crippen MR) is 78.2 cm³/mol. The van der Waals surface area contributed by atoms with Crippen molar-refractivity contribution in [2.45, 2.75) is 19.3 Å². The normalized spacial score (nSPS) is 15.6. The number of hydrogen-bond donors (Lipinski definition) is 1. The van der Waals surface area contributed by atoms with Crippen LogP contribution in [-0.2, 0) is 4.79 Å². The first-order valence-corrected chi connectivity index (χ1v) is 6.94. The van der Waals surface area contributed by atoms with Gasteiger partial charge in [0.25, 0.3) is 0 Å². The molecule has 1 heterocycles. The van der Waals surface area contributed by atoms with E-state index in [1.54, 1.807) is 12.1 Å². The Morgan fingerprint density at radius 1 is 1.19 bits per heavy atom. The average molecular weight is 284 g/mol. The predicted octanol–water partition coefficient (Wildman–Crippen LogP) is 3.80. The number of fused-ring (bicyclic) bond motifs is 2. The van der Waals surface area contributed by atoms with Crippen molar-refractivity contribution in [3.63, 3.8) is 0 Å². The van der Waals surface area contributed by atoms with E-state index in [1.807, 2.05) is 24.3 Å². The zero-order valence-electron chi connectivity index (χ0n) is 11.7. The number of carbonyl (C=O) groups is 1. The van der Waals surface area contributed by atoms with Gasteiger partial charge >= 0.3 is 5.97 Å². The standard InChI is InChI=1S/C17H16O4/c1-2-12-13-5-3-4-6-15(13)21-16-9-11(7-8-14(12)16)20-10-17(18)19/h3-9,12H,2,10H2,1H3,(H,18,19). The Morgan fingerprint density at radius 2 is 1.95 bits per heavy atom. The fraction of sp³-hybridized carbons (Fsp3) is 0.235. The van der Waals surface area contributed by atoms with Crippen LogP contribution in [0.5, 0.6) is 17.2 Å². The maximum atomic E-state index is 10.6. The Kier molecular flexibility index (Phi) is 3.52. The fourth-order valence-electron chi connectivity index (χ4n) is 2.71. The highest BCUT2D eigenvalue weighted by atomic mass is 16.5. The highest BCUT2D eigenvalue weighted by Crippen LogP contribution is 2.46. The van der Waals surface area contributed by atoms with Crippen molar-refractivity contribution in [3.05, 3.63) is 53.6 Å². The van der Waals surface area contributed by atoms with E-state index < -0.39 is 5.97 Å². The van der Waals surface area contributed by atoms with E-state index in [0.29, 0.717) is 11.7 Å². The molecule has 0 saturated carbocycles. The molecule has 4 nitrogen and oxygen atoms in total. The summed E-state index contributed by atoms with van der Waals surface area (Å²) in [4.78, 5) is 10.6. The van der Waals surface area contributed by atoms with Gasteiger partial charge in [-0.15, -0.1) is 0 Å². The van der Waals surface area contributed by atoms with E-state index in [0.717, 1.165) is 23.5 Å². The molecule has 0 spiro atoms. The summed E-state index contributed by atoms with van der Waals surface area (Å²) in [5.74, 6) is 1.39. The van der Waals surface area contributed by atoms with Crippen molar-refractivity contribution in [1.82, 2.24) is 0 Å². The summed E-state index contributed by atoms with van der Waals surface area (Å²) < 4.78 is 11.1.